The van der Waals surface area contributed by atoms with E-state index in [4.69, 9.17) is 0 Å². The van der Waals surface area contributed by atoms with Crippen LogP contribution in [0.2, 0.25) is 0 Å². The molecule has 0 aliphatic rings. The summed E-state index contributed by atoms with van der Waals surface area (Å²) >= 11 is 5.10. The second kappa shape index (κ2) is 4.06. The van der Waals surface area contributed by atoms with Crippen molar-refractivity contribution in [1.29, 1.82) is 0 Å². The Morgan fingerprint density at radius 3 is 3.00 bits per heavy atom. The third kappa shape index (κ3) is 1.78. The smallest absolute Gasteiger partial charge is 0.223 e. The van der Waals surface area contributed by atoms with Gasteiger partial charge >= 0.3 is 0 Å². The van der Waals surface area contributed by atoms with Gasteiger partial charge in [-0.3, -0.25) is 0 Å². The van der Waals surface area contributed by atoms with Crippen molar-refractivity contribution in [2.45, 2.75) is 0 Å². The molecule has 5 heteroatoms. The minimum absolute atomic E-state index is 0.636. The quantitative estimate of drug-likeness (QED) is 0.911. The molecule has 0 unspecified atom stereocenters. The SMILES string of the molecule is CNc1ncc(Br)c(-c2cccs2)n1. The van der Waals surface area contributed by atoms with Crippen LogP contribution in [0, 0.1) is 0 Å². The topological polar surface area (TPSA) is 37.8 Å². The molecule has 0 aromatic carbocycles. The second-order valence-electron chi connectivity index (χ2n) is 2.62. The molecule has 0 aliphatic carbocycles. The average molecular weight is 270 g/mol. The Bertz CT molecular complexity index is 428. The van der Waals surface area contributed by atoms with Gasteiger partial charge in [0, 0.05) is 13.2 Å². The highest BCUT2D eigenvalue weighted by atomic mass is 79.9. The molecule has 72 valence electrons. The number of anilines is 1. The van der Waals surface area contributed by atoms with Crippen LogP contribution in [-0.4, -0.2) is 17.0 Å². The summed E-state index contributed by atoms with van der Waals surface area (Å²) in [7, 11) is 1.81. The van der Waals surface area contributed by atoms with Crippen LogP contribution in [-0.2, 0) is 0 Å². The minimum Gasteiger partial charge on any atom is -0.357 e. The number of hydrogen-bond donors (Lipinski definition) is 1. The second-order valence-corrected chi connectivity index (χ2v) is 4.42. The largest absolute Gasteiger partial charge is 0.357 e. The van der Waals surface area contributed by atoms with Gasteiger partial charge in [0.05, 0.1) is 15.0 Å². The number of nitrogens with one attached hydrogen (secondary N) is 1. The van der Waals surface area contributed by atoms with Crippen LogP contribution in [0.1, 0.15) is 0 Å². The van der Waals surface area contributed by atoms with Gasteiger partial charge in [-0.15, -0.1) is 11.3 Å². The first-order valence-electron chi connectivity index (χ1n) is 4.05. The first kappa shape index (κ1) is 9.61. The molecule has 0 saturated carbocycles. The van der Waals surface area contributed by atoms with Crippen LogP contribution in [0.4, 0.5) is 5.95 Å². The van der Waals surface area contributed by atoms with Crippen LogP contribution >= 0.6 is 27.3 Å². The molecule has 3 nitrogen and oxygen atoms in total. The number of aromatic nitrogens is 2. The van der Waals surface area contributed by atoms with Crippen molar-refractivity contribution in [3.8, 4) is 10.6 Å². The normalized spacial score (nSPS) is 10.1. The van der Waals surface area contributed by atoms with E-state index in [-0.39, 0.29) is 0 Å². The maximum Gasteiger partial charge on any atom is 0.223 e. The number of halogens is 1. The summed E-state index contributed by atoms with van der Waals surface area (Å²) in [6.45, 7) is 0. The Morgan fingerprint density at radius 1 is 1.50 bits per heavy atom. The Kier molecular flexibility index (Phi) is 2.79. The van der Waals surface area contributed by atoms with Gasteiger partial charge in [0.25, 0.3) is 0 Å². The van der Waals surface area contributed by atoms with E-state index >= 15 is 0 Å². The number of hydrogen-bond acceptors (Lipinski definition) is 4. The van der Waals surface area contributed by atoms with Crippen LogP contribution in [0.25, 0.3) is 10.6 Å². The summed E-state index contributed by atoms with van der Waals surface area (Å²) < 4.78 is 0.916. The minimum atomic E-state index is 0.636. The van der Waals surface area contributed by atoms with E-state index in [0.717, 1.165) is 15.0 Å². The molecule has 0 amide bonds. The lowest BCUT2D eigenvalue weighted by atomic mass is 10.3. The molecule has 0 aliphatic heterocycles. The van der Waals surface area contributed by atoms with Crippen LogP contribution in [0.3, 0.4) is 0 Å². The molecule has 2 aromatic heterocycles. The fourth-order valence-electron chi connectivity index (χ4n) is 1.07. The molecule has 2 heterocycles. The molecule has 1 N–H and O–H groups in total. The maximum atomic E-state index is 4.37. The standard InChI is InChI=1S/C9H8BrN3S/c1-11-9-12-5-6(10)8(13-9)7-3-2-4-14-7/h2-5H,1H3,(H,11,12,13). The van der Waals surface area contributed by atoms with Crippen molar-refractivity contribution in [3.05, 3.63) is 28.2 Å². The third-order valence-electron chi connectivity index (χ3n) is 1.72. The Hall–Kier alpha value is -0.940. The number of rotatable bonds is 2. The maximum absolute atomic E-state index is 4.37. The molecule has 2 rings (SSSR count). The van der Waals surface area contributed by atoms with E-state index in [1.807, 2.05) is 17.5 Å². The van der Waals surface area contributed by atoms with Gasteiger partial charge in [0.2, 0.25) is 5.95 Å². The lowest BCUT2D eigenvalue weighted by Crippen LogP contribution is -1.97. The van der Waals surface area contributed by atoms with Crippen molar-refractivity contribution in [1.82, 2.24) is 9.97 Å². The summed E-state index contributed by atoms with van der Waals surface area (Å²) in [6.07, 6.45) is 1.76. The molecule has 0 atom stereocenters. The van der Waals surface area contributed by atoms with Crippen LogP contribution in [0.15, 0.2) is 28.2 Å². The van der Waals surface area contributed by atoms with E-state index in [2.05, 4.69) is 31.2 Å². The third-order valence-corrected chi connectivity index (χ3v) is 3.18. The molecule has 2 aromatic rings. The molecule has 0 radical (unpaired) electrons. The van der Waals surface area contributed by atoms with Crippen molar-refractivity contribution >= 4 is 33.2 Å². The predicted octanol–water partition coefficient (Wildman–Crippen LogP) is 3.01. The summed E-state index contributed by atoms with van der Waals surface area (Å²) in [5, 5.41) is 4.95. The molecule has 0 saturated heterocycles. The van der Waals surface area contributed by atoms with Gasteiger partial charge in [-0.2, -0.15) is 0 Å². The number of thiophene rings is 1. The van der Waals surface area contributed by atoms with Gasteiger partial charge < -0.3 is 5.32 Å². The molecule has 0 fully saturated rings. The van der Waals surface area contributed by atoms with Gasteiger partial charge in [0.1, 0.15) is 0 Å². The summed E-state index contributed by atoms with van der Waals surface area (Å²) in [4.78, 5) is 9.61. The van der Waals surface area contributed by atoms with E-state index in [0.29, 0.717) is 5.95 Å². The highest BCUT2D eigenvalue weighted by Gasteiger charge is 2.07. The Labute approximate surface area is 94.4 Å². The predicted molar refractivity (Wildman–Crippen MR) is 62.6 cm³/mol. The first-order valence-corrected chi connectivity index (χ1v) is 5.72. The zero-order chi connectivity index (χ0) is 9.97. The Morgan fingerprint density at radius 2 is 2.36 bits per heavy atom. The fraction of sp³-hybridized carbons (Fsp3) is 0.111. The average Bonchev–Trinajstić information content (AvgIpc) is 2.71. The van der Waals surface area contributed by atoms with Gasteiger partial charge in [0.15, 0.2) is 0 Å². The van der Waals surface area contributed by atoms with Crippen molar-refractivity contribution in [2.75, 3.05) is 12.4 Å². The molecular formula is C9H8BrN3S. The lowest BCUT2D eigenvalue weighted by Gasteiger charge is -2.03. The van der Waals surface area contributed by atoms with Gasteiger partial charge in [-0.25, -0.2) is 9.97 Å². The van der Waals surface area contributed by atoms with Crippen molar-refractivity contribution < 1.29 is 0 Å². The van der Waals surface area contributed by atoms with Crippen LogP contribution < -0.4 is 5.32 Å². The van der Waals surface area contributed by atoms with E-state index < -0.39 is 0 Å². The Balaban J connectivity index is 2.51. The number of nitrogens with zero attached hydrogens (tertiary/aromatic N) is 2. The molecular weight excluding hydrogens is 262 g/mol. The monoisotopic (exact) mass is 269 g/mol. The van der Waals surface area contributed by atoms with E-state index in [9.17, 15) is 0 Å². The molecule has 0 spiro atoms. The zero-order valence-electron chi connectivity index (χ0n) is 7.49. The van der Waals surface area contributed by atoms with Gasteiger partial charge in [-0.05, 0) is 27.4 Å². The van der Waals surface area contributed by atoms with Crippen molar-refractivity contribution in [3.63, 3.8) is 0 Å². The van der Waals surface area contributed by atoms with Crippen LogP contribution in [0.5, 0.6) is 0 Å². The first-order chi connectivity index (χ1) is 6.81. The van der Waals surface area contributed by atoms with E-state index in [1.165, 1.54) is 0 Å². The fourth-order valence-corrected chi connectivity index (χ4v) is 2.34. The van der Waals surface area contributed by atoms with Gasteiger partial charge in [-0.1, -0.05) is 6.07 Å². The molecule has 0 bridgehead atoms. The summed E-state index contributed by atoms with van der Waals surface area (Å²) in [5.74, 6) is 0.636. The highest BCUT2D eigenvalue weighted by molar-refractivity contribution is 9.10. The lowest BCUT2D eigenvalue weighted by molar-refractivity contribution is 1.15. The summed E-state index contributed by atoms with van der Waals surface area (Å²) in [6, 6.07) is 4.05. The highest BCUT2D eigenvalue weighted by Crippen LogP contribution is 2.29. The van der Waals surface area contributed by atoms with E-state index in [1.54, 1.807) is 24.6 Å². The summed E-state index contributed by atoms with van der Waals surface area (Å²) in [5.41, 5.74) is 0.930. The molecule has 14 heavy (non-hydrogen) atoms. The zero-order valence-corrected chi connectivity index (χ0v) is 9.89. The van der Waals surface area contributed by atoms with Crippen molar-refractivity contribution in [2.24, 2.45) is 0 Å².